The fraction of sp³-hybridized carbons (Fsp3) is 0.263. The Balaban J connectivity index is 1.86. The number of nitrogens with two attached hydrogens (primary N) is 1. The zero-order chi connectivity index (χ0) is 21.8. The molecule has 1 aromatic heterocycles. The van der Waals surface area contributed by atoms with E-state index in [9.17, 15) is 14.4 Å². The number of hydrogen-bond acceptors (Lipinski definition) is 7. The molecule has 0 saturated heterocycles. The van der Waals surface area contributed by atoms with E-state index in [1.807, 2.05) is 6.07 Å². The second-order valence-corrected chi connectivity index (χ2v) is 7.25. The number of H-pyrrole nitrogens is 1. The molecular formula is C19H20BrN6O4+. The number of nitrogens with one attached hydrogen (secondary N) is 2. The van der Waals surface area contributed by atoms with Gasteiger partial charge in [0.25, 0.3) is 5.91 Å². The van der Waals surface area contributed by atoms with Crippen LogP contribution >= 0.6 is 15.9 Å². The summed E-state index contributed by atoms with van der Waals surface area (Å²) in [4.78, 5) is 40.9. The van der Waals surface area contributed by atoms with Gasteiger partial charge in [-0.25, -0.2) is 0 Å². The molecule has 2 heterocycles. The highest BCUT2D eigenvalue weighted by molar-refractivity contribution is 9.10. The summed E-state index contributed by atoms with van der Waals surface area (Å²) in [6.07, 6.45) is 0. The number of aromatic amines is 1. The monoisotopic (exact) mass is 475 g/mol. The lowest BCUT2D eigenvalue weighted by Gasteiger charge is -2.05. The number of hydrogen-bond donors (Lipinski definition) is 3. The molecule has 0 fully saturated rings. The zero-order valence-electron chi connectivity index (χ0n) is 16.4. The van der Waals surface area contributed by atoms with Crippen LogP contribution < -0.4 is 11.1 Å². The Hall–Kier alpha value is -3.18. The van der Waals surface area contributed by atoms with Crippen molar-refractivity contribution < 1.29 is 23.9 Å². The number of aromatic nitrogens is 1. The number of rotatable bonds is 8. The lowest BCUT2D eigenvalue weighted by molar-refractivity contribution is -0.611. The van der Waals surface area contributed by atoms with Crippen LogP contribution in [0.25, 0.3) is 0 Å². The van der Waals surface area contributed by atoms with Gasteiger partial charge in [0.2, 0.25) is 6.54 Å². The summed E-state index contributed by atoms with van der Waals surface area (Å²) in [6, 6.07) is 6.94. The van der Waals surface area contributed by atoms with Gasteiger partial charge in [-0.3, -0.25) is 14.4 Å². The second-order valence-electron chi connectivity index (χ2n) is 6.34. The predicted octanol–water partition coefficient (Wildman–Crippen LogP) is 1.32. The van der Waals surface area contributed by atoms with Crippen molar-refractivity contribution in [3.63, 3.8) is 0 Å². The average Bonchev–Trinajstić information content (AvgIpc) is 3.04. The van der Waals surface area contributed by atoms with Gasteiger partial charge in [-0.2, -0.15) is 0 Å². The van der Waals surface area contributed by atoms with Crippen LogP contribution in [0.5, 0.6) is 0 Å². The summed E-state index contributed by atoms with van der Waals surface area (Å²) < 4.78 is 5.63. The van der Waals surface area contributed by atoms with E-state index >= 15 is 0 Å². The zero-order valence-corrected chi connectivity index (χ0v) is 17.9. The first-order valence-electron chi connectivity index (χ1n) is 9.04. The van der Waals surface area contributed by atoms with Crippen LogP contribution in [0.1, 0.15) is 37.7 Å². The molecule has 10 nitrogen and oxygen atoms in total. The Morgan fingerprint density at radius 3 is 2.70 bits per heavy atom. The predicted molar refractivity (Wildman–Crippen MR) is 111 cm³/mol. The highest BCUT2D eigenvalue weighted by atomic mass is 79.9. The molecule has 0 unspecified atom stereocenters. The third kappa shape index (κ3) is 4.36. The van der Waals surface area contributed by atoms with Gasteiger partial charge in [-0.15, -0.1) is 0 Å². The van der Waals surface area contributed by atoms with Gasteiger partial charge in [0.1, 0.15) is 11.4 Å². The smallest absolute Gasteiger partial charge is 0.319 e. The summed E-state index contributed by atoms with van der Waals surface area (Å²) in [7, 11) is 1.49. The van der Waals surface area contributed by atoms with Gasteiger partial charge >= 0.3 is 11.8 Å². The maximum absolute atomic E-state index is 13.1. The first kappa shape index (κ1) is 21.5. The lowest BCUT2D eigenvalue weighted by atomic mass is 9.99. The summed E-state index contributed by atoms with van der Waals surface area (Å²) >= 11 is 3.35. The van der Waals surface area contributed by atoms with Crippen molar-refractivity contribution in [2.24, 2.45) is 15.9 Å². The summed E-state index contributed by atoms with van der Waals surface area (Å²) in [6.45, 7) is 1.90. The van der Waals surface area contributed by atoms with Crippen molar-refractivity contribution in [3.05, 3.63) is 56.8 Å². The number of amides is 1. The number of carbonyl (C=O) groups excluding carboxylic acids is 3. The quantitative estimate of drug-likeness (QED) is 0.299. The standard InChI is InChI=1S/C19H19BrN6O4/c1-10-14(17(28)11-4-3-5-12(20)8-11)16(19(29)22-2)23-15(10)18-24-26(25-18)6-7-30-13(27)9-21/h3-5,8H,6-7,9,21H2,1-2H3,(H-,22,23,24,25,28,29)/p+1. The number of esters is 1. The van der Waals surface area contributed by atoms with Crippen molar-refractivity contribution in [2.75, 3.05) is 26.7 Å². The molecule has 1 amide bonds. The van der Waals surface area contributed by atoms with Gasteiger partial charge in [-0.1, -0.05) is 28.1 Å². The Kier molecular flexibility index (Phi) is 6.53. The lowest BCUT2D eigenvalue weighted by Crippen LogP contribution is -2.26. The summed E-state index contributed by atoms with van der Waals surface area (Å²) in [5.74, 6) is -0.879. The minimum Gasteiger partial charge on any atom is -0.458 e. The van der Waals surface area contributed by atoms with Gasteiger partial charge in [-0.05, 0) is 24.6 Å². The number of ketones is 1. The van der Waals surface area contributed by atoms with E-state index < -0.39 is 11.9 Å². The van der Waals surface area contributed by atoms with E-state index in [4.69, 9.17) is 10.5 Å². The van der Waals surface area contributed by atoms with Crippen LogP contribution in [0.15, 0.2) is 39.0 Å². The molecule has 30 heavy (non-hydrogen) atoms. The molecule has 0 bridgehead atoms. The maximum atomic E-state index is 13.1. The first-order chi connectivity index (χ1) is 14.3. The van der Waals surface area contributed by atoms with Crippen molar-refractivity contribution in [1.29, 1.82) is 0 Å². The van der Waals surface area contributed by atoms with Crippen LogP contribution in [-0.2, 0) is 9.53 Å². The van der Waals surface area contributed by atoms with Gasteiger partial charge in [0, 0.05) is 21.9 Å². The van der Waals surface area contributed by atoms with E-state index in [-0.39, 0.29) is 36.7 Å². The van der Waals surface area contributed by atoms with E-state index in [0.717, 1.165) is 4.47 Å². The SMILES string of the molecule is CNC(=O)c1[nH]c(C2=N[N+](CCOC(=O)CN)=N2)c(C)c1C(=O)c1cccc(Br)c1. The van der Waals surface area contributed by atoms with Crippen LogP contribution in [0.4, 0.5) is 0 Å². The first-order valence-corrected chi connectivity index (χ1v) is 9.83. The van der Waals surface area contributed by atoms with Crippen molar-refractivity contribution >= 4 is 39.4 Å². The third-order valence-corrected chi connectivity index (χ3v) is 4.88. The van der Waals surface area contributed by atoms with E-state index in [2.05, 4.69) is 36.4 Å². The fourth-order valence-corrected chi connectivity index (χ4v) is 3.29. The Bertz CT molecular complexity index is 1090. The van der Waals surface area contributed by atoms with E-state index in [1.165, 1.54) is 11.9 Å². The minimum atomic E-state index is -0.508. The molecule has 2 aromatic rings. The highest BCUT2D eigenvalue weighted by Crippen LogP contribution is 2.25. The van der Waals surface area contributed by atoms with Crippen LogP contribution in [0.2, 0.25) is 0 Å². The fourth-order valence-electron chi connectivity index (χ4n) is 2.89. The third-order valence-electron chi connectivity index (χ3n) is 4.38. The highest BCUT2D eigenvalue weighted by Gasteiger charge is 2.33. The molecule has 3 rings (SSSR count). The van der Waals surface area contributed by atoms with E-state index in [1.54, 1.807) is 25.1 Å². The topological polar surface area (TPSA) is 142 Å². The van der Waals surface area contributed by atoms with Crippen molar-refractivity contribution in [1.82, 2.24) is 10.3 Å². The molecule has 156 valence electrons. The van der Waals surface area contributed by atoms with Crippen LogP contribution in [0, 0.1) is 6.92 Å². The van der Waals surface area contributed by atoms with Gasteiger partial charge < -0.3 is 20.8 Å². The van der Waals surface area contributed by atoms with Crippen molar-refractivity contribution in [3.8, 4) is 0 Å². The van der Waals surface area contributed by atoms with Gasteiger partial charge in [0.15, 0.2) is 12.4 Å². The average molecular weight is 476 g/mol. The molecule has 0 atom stereocenters. The molecule has 0 spiro atoms. The molecule has 4 N–H and O–H groups in total. The number of nitrogens with zero attached hydrogens (tertiary/aromatic N) is 3. The van der Waals surface area contributed by atoms with Crippen LogP contribution in [0.3, 0.4) is 0 Å². The van der Waals surface area contributed by atoms with Crippen LogP contribution in [-0.4, -0.2) is 60.0 Å². The normalized spacial score (nSPS) is 12.5. The maximum Gasteiger partial charge on any atom is 0.319 e. The second kappa shape index (κ2) is 9.09. The van der Waals surface area contributed by atoms with E-state index in [0.29, 0.717) is 22.7 Å². The molecular weight excluding hydrogens is 456 g/mol. The molecule has 11 heteroatoms. The molecule has 1 aliphatic rings. The Labute approximate surface area is 180 Å². The Morgan fingerprint density at radius 2 is 2.07 bits per heavy atom. The number of carbonyl (C=O) groups is 3. The molecule has 0 radical (unpaired) electrons. The number of hydrazone groups is 1. The number of azo groups is 1. The molecule has 1 aromatic carbocycles. The Morgan fingerprint density at radius 1 is 1.33 bits per heavy atom. The van der Waals surface area contributed by atoms with Crippen molar-refractivity contribution in [2.45, 2.75) is 6.92 Å². The molecule has 0 aliphatic carbocycles. The number of halogens is 1. The molecule has 1 aliphatic heterocycles. The summed E-state index contributed by atoms with van der Waals surface area (Å²) in [5.41, 5.74) is 7.06. The minimum absolute atomic E-state index is 0.0934. The number of amidine groups is 1. The summed E-state index contributed by atoms with van der Waals surface area (Å²) in [5, 5.41) is 11.0. The number of benzene rings is 1. The molecule has 0 saturated carbocycles. The van der Waals surface area contributed by atoms with Gasteiger partial charge in [0.05, 0.1) is 22.3 Å². The number of ether oxygens (including phenoxy) is 1. The largest absolute Gasteiger partial charge is 0.458 e.